The average Bonchev–Trinajstić information content (AvgIpc) is 2.99. The molecule has 0 radical (unpaired) electrons. The number of nitrogens with zero attached hydrogens (tertiary/aromatic N) is 4. The summed E-state index contributed by atoms with van der Waals surface area (Å²) in [6, 6.07) is 3.41. The Morgan fingerprint density at radius 3 is 2.73 bits per heavy atom. The Morgan fingerprint density at radius 2 is 2.08 bits per heavy atom. The third kappa shape index (κ3) is 3.66. The van der Waals surface area contributed by atoms with E-state index >= 15 is 0 Å². The lowest BCUT2D eigenvalue weighted by Crippen LogP contribution is -2.41. The highest BCUT2D eigenvalue weighted by molar-refractivity contribution is 5.96. The maximum Gasteiger partial charge on any atom is 0.259 e. The summed E-state index contributed by atoms with van der Waals surface area (Å²) >= 11 is 0. The Kier molecular flexibility index (Phi) is 5.44. The second kappa shape index (κ2) is 7.76. The first-order valence-electron chi connectivity index (χ1n) is 8.90. The first kappa shape index (κ1) is 18.2. The fraction of sp³-hybridized carbons (Fsp3) is 0.526. The molecule has 1 saturated heterocycles. The summed E-state index contributed by atoms with van der Waals surface area (Å²) in [4.78, 5) is 23.5. The van der Waals surface area contributed by atoms with Crippen LogP contribution in [0.15, 0.2) is 18.3 Å². The largest absolute Gasteiger partial charge is 0.481 e. The van der Waals surface area contributed by atoms with Gasteiger partial charge in [0, 0.05) is 37.6 Å². The van der Waals surface area contributed by atoms with Crippen LogP contribution in [0.2, 0.25) is 0 Å². The van der Waals surface area contributed by atoms with Gasteiger partial charge in [0.25, 0.3) is 5.91 Å². The number of rotatable bonds is 5. The molecule has 2 aromatic rings. The molecule has 7 heteroatoms. The van der Waals surface area contributed by atoms with Crippen molar-refractivity contribution in [3.05, 3.63) is 35.4 Å². The molecule has 0 aromatic carbocycles. The van der Waals surface area contributed by atoms with E-state index in [1.807, 2.05) is 18.0 Å². The highest BCUT2D eigenvalue weighted by Crippen LogP contribution is 2.25. The average molecular weight is 358 g/mol. The van der Waals surface area contributed by atoms with Crippen molar-refractivity contribution in [3.63, 3.8) is 0 Å². The van der Waals surface area contributed by atoms with Gasteiger partial charge in [0.05, 0.1) is 14.2 Å². The van der Waals surface area contributed by atoms with E-state index in [9.17, 15) is 4.79 Å². The zero-order valence-electron chi connectivity index (χ0n) is 15.9. The van der Waals surface area contributed by atoms with Crippen LogP contribution in [-0.2, 0) is 6.54 Å². The van der Waals surface area contributed by atoms with Crippen molar-refractivity contribution >= 4 is 5.91 Å². The summed E-state index contributed by atoms with van der Waals surface area (Å²) < 4.78 is 12.6. The number of piperidine rings is 1. The van der Waals surface area contributed by atoms with Crippen LogP contribution in [0.1, 0.15) is 34.7 Å². The third-order valence-electron chi connectivity index (χ3n) is 4.97. The van der Waals surface area contributed by atoms with Gasteiger partial charge in [-0.2, -0.15) is 4.98 Å². The number of imidazole rings is 1. The molecule has 0 aliphatic carbocycles. The number of ether oxygens (including phenoxy) is 2. The molecule has 3 heterocycles. The fourth-order valence-corrected chi connectivity index (χ4v) is 3.54. The minimum Gasteiger partial charge on any atom is -0.481 e. The third-order valence-corrected chi connectivity index (χ3v) is 4.97. The summed E-state index contributed by atoms with van der Waals surface area (Å²) in [5.74, 6) is 2.13. The summed E-state index contributed by atoms with van der Waals surface area (Å²) in [7, 11) is 3.06. The number of methoxy groups -OCH3 is 2. The van der Waals surface area contributed by atoms with Crippen molar-refractivity contribution < 1.29 is 14.3 Å². The highest BCUT2D eigenvalue weighted by Gasteiger charge is 2.27. The predicted molar refractivity (Wildman–Crippen MR) is 97.7 cm³/mol. The Labute approximate surface area is 154 Å². The van der Waals surface area contributed by atoms with Gasteiger partial charge in [-0.3, -0.25) is 4.79 Å². The standard InChI is InChI=1S/C19H26N4O3/c1-13-10-20-14(2)23(13)12-15-6-5-9-22(11-15)19(24)16-7-8-17(25-3)21-18(16)26-4/h7-8,10,15H,5-6,9,11-12H2,1-4H3. The van der Waals surface area contributed by atoms with Crippen molar-refractivity contribution in [1.82, 2.24) is 19.4 Å². The van der Waals surface area contributed by atoms with Gasteiger partial charge in [-0.05, 0) is 38.7 Å². The lowest BCUT2D eigenvalue weighted by Gasteiger charge is -2.33. The zero-order valence-corrected chi connectivity index (χ0v) is 15.9. The molecule has 0 bridgehead atoms. The first-order chi connectivity index (χ1) is 12.5. The van der Waals surface area contributed by atoms with E-state index in [4.69, 9.17) is 9.47 Å². The Bertz CT molecular complexity index is 768. The first-order valence-corrected chi connectivity index (χ1v) is 8.90. The van der Waals surface area contributed by atoms with E-state index in [-0.39, 0.29) is 5.91 Å². The molecule has 1 amide bonds. The second-order valence-corrected chi connectivity index (χ2v) is 6.73. The van der Waals surface area contributed by atoms with Crippen LogP contribution in [0.5, 0.6) is 11.8 Å². The molecule has 2 aromatic heterocycles. The molecule has 140 valence electrons. The second-order valence-electron chi connectivity index (χ2n) is 6.73. The molecule has 0 saturated carbocycles. The number of aromatic nitrogens is 3. The molecule has 7 nitrogen and oxygen atoms in total. The molecule has 1 fully saturated rings. The van der Waals surface area contributed by atoms with Gasteiger partial charge in [-0.15, -0.1) is 0 Å². The van der Waals surface area contributed by atoms with Gasteiger partial charge < -0.3 is 18.9 Å². The minimum absolute atomic E-state index is 0.0409. The van der Waals surface area contributed by atoms with Crippen LogP contribution >= 0.6 is 0 Å². The van der Waals surface area contributed by atoms with E-state index in [0.717, 1.165) is 44.0 Å². The van der Waals surface area contributed by atoms with Crippen molar-refractivity contribution in [2.45, 2.75) is 33.2 Å². The lowest BCUT2D eigenvalue weighted by atomic mass is 9.97. The van der Waals surface area contributed by atoms with E-state index in [2.05, 4.69) is 21.5 Å². The topological polar surface area (TPSA) is 69.5 Å². The van der Waals surface area contributed by atoms with Gasteiger partial charge >= 0.3 is 0 Å². The summed E-state index contributed by atoms with van der Waals surface area (Å²) in [5, 5.41) is 0. The van der Waals surface area contributed by atoms with Crippen LogP contribution in [-0.4, -0.2) is 52.7 Å². The quantitative estimate of drug-likeness (QED) is 0.821. The number of hydrogen-bond acceptors (Lipinski definition) is 5. The zero-order chi connectivity index (χ0) is 18.7. The number of carbonyl (C=O) groups is 1. The van der Waals surface area contributed by atoms with Crippen molar-refractivity contribution in [1.29, 1.82) is 0 Å². The number of aryl methyl sites for hydroxylation is 2. The SMILES string of the molecule is COc1ccc(C(=O)N2CCCC(Cn3c(C)cnc3C)C2)c(OC)n1. The maximum atomic E-state index is 13.0. The van der Waals surface area contributed by atoms with E-state index < -0.39 is 0 Å². The van der Waals surface area contributed by atoms with Gasteiger partial charge in [-0.1, -0.05) is 0 Å². The fourth-order valence-electron chi connectivity index (χ4n) is 3.54. The predicted octanol–water partition coefficient (Wildman–Crippen LogP) is 2.46. The molecule has 3 rings (SSSR count). The number of hydrogen-bond donors (Lipinski definition) is 0. The van der Waals surface area contributed by atoms with Gasteiger partial charge in [-0.25, -0.2) is 4.98 Å². The summed E-state index contributed by atoms with van der Waals surface area (Å²) in [6.45, 7) is 6.46. The Hall–Kier alpha value is -2.57. The number of amides is 1. The molecular formula is C19H26N4O3. The van der Waals surface area contributed by atoms with Gasteiger partial charge in [0.15, 0.2) is 0 Å². The molecule has 1 aliphatic heterocycles. The highest BCUT2D eigenvalue weighted by atomic mass is 16.5. The van der Waals surface area contributed by atoms with Crippen molar-refractivity contribution in [2.75, 3.05) is 27.3 Å². The number of carbonyl (C=O) groups excluding carboxylic acids is 1. The van der Waals surface area contributed by atoms with E-state index in [1.165, 1.54) is 7.11 Å². The van der Waals surface area contributed by atoms with E-state index in [0.29, 0.717) is 23.2 Å². The van der Waals surface area contributed by atoms with Crippen LogP contribution < -0.4 is 9.47 Å². The smallest absolute Gasteiger partial charge is 0.259 e. The summed E-state index contributed by atoms with van der Waals surface area (Å²) in [6.07, 6.45) is 4.00. The molecule has 26 heavy (non-hydrogen) atoms. The Balaban J connectivity index is 1.74. The molecular weight excluding hydrogens is 332 g/mol. The maximum absolute atomic E-state index is 13.0. The van der Waals surface area contributed by atoms with Crippen LogP contribution in [0.3, 0.4) is 0 Å². The minimum atomic E-state index is -0.0409. The number of pyridine rings is 1. The van der Waals surface area contributed by atoms with Gasteiger partial charge in [0.2, 0.25) is 11.8 Å². The summed E-state index contributed by atoms with van der Waals surface area (Å²) in [5.41, 5.74) is 1.64. The van der Waals surface area contributed by atoms with Crippen molar-refractivity contribution in [2.24, 2.45) is 5.92 Å². The van der Waals surface area contributed by atoms with Gasteiger partial charge in [0.1, 0.15) is 11.4 Å². The molecule has 1 aliphatic rings. The van der Waals surface area contributed by atoms with Crippen molar-refractivity contribution in [3.8, 4) is 11.8 Å². The van der Waals surface area contributed by atoms with Crippen LogP contribution in [0, 0.1) is 19.8 Å². The lowest BCUT2D eigenvalue weighted by molar-refractivity contribution is 0.0657. The Morgan fingerprint density at radius 1 is 1.27 bits per heavy atom. The molecule has 0 N–H and O–H groups in total. The molecule has 1 atom stereocenters. The normalized spacial score (nSPS) is 17.2. The monoisotopic (exact) mass is 358 g/mol. The molecule has 1 unspecified atom stereocenters. The molecule has 0 spiro atoms. The number of likely N-dealkylation sites (tertiary alicyclic amines) is 1. The van der Waals surface area contributed by atoms with Crippen LogP contribution in [0.4, 0.5) is 0 Å². The van der Waals surface area contributed by atoms with Crippen LogP contribution in [0.25, 0.3) is 0 Å². The van der Waals surface area contributed by atoms with E-state index in [1.54, 1.807) is 19.2 Å².